The molecule has 2 unspecified atom stereocenters. The van der Waals surface area contributed by atoms with E-state index in [9.17, 15) is 0 Å². The number of methoxy groups -OCH3 is 1. The van der Waals surface area contributed by atoms with Crippen LogP contribution in [0.5, 0.6) is 0 Å². The first-order valence-corrected chi connectivity index (χ1v) is 5.01. The normalized spacial score (nSPS) is 26.0. The van der Waals surface area contributed by atoms with Gasteiger partial charge in [-0.3, -0.25) is 0 Å². The molecule has 0 amide bonds. The molecular formula is C9H17ClO2. The van der Waals surface area contributed by atoms with E-state index in [2.05, 4.69) is 0 Å². The summed E-state index contributed by atoms with van der Waals surface area (Å²) in [5, 5.41) is 0.152. The van der Waals surface area contributed by atoms with E-state index >= 15 is 0 Å². The van der Waals surface area contributed by atoms with Gasteiger partial charge in [0.2, 0.25) is 0 Å². The van der Waals surface area contributed by atoms with Gasteiger partial charge in [0.15, 0.2) is 0 Å². The zero-order chi connectivity index (χ0) is 8.81. The molecule has 72 valence electrons. The smallest absolute Gasteiger partial charge is 0.0626 e. The lowest BCUT2D eigenvalue weighted by molar-refractivity contribution is 0.0992. The van der Waals surface area contributed by atoms with Crippen molar-refractivity contribution in [2.75, 3.05) is 20.3 Å². The first-order valence-electron chi connectivity index (χ1n) is 4.57. The molecule has 1 aliphatic rings. The summed E-state index contributed by atoms with van der Waals surface area (Å²) in [6.07, 6.45) is 4.96. The molecule has 0 aromatic rings. The third-order valence-corrected chi connectivity index (χ3v) is 2.52. The average Bonchev–Trinajstić information content (AvgIpc) is 2.53. The molecule has 12 heavy (non-hydrogen) atoms. The summed E-state index contributed by atoms with van der Waals surface area (Å²) in [7, 11) is 1.68. The third-order valence-electron chi connectivity index (χ3n) is 2.17. The van der Waals surface area contributed by atoms with E-state index in [1.54, 1.807) is 7.11 Å². The van der Waals surface area contributed by atoms with Crippen LogP contribution in [-0.2, 0) is 9.47 Å². The second-order valence-corrected chi connectivity index (χ2v) is 3.88. The van der Waals surface area contributed by atoms with Gasteiger partial charge in [0.05, 0.1) is 18.1 Å². The van der Waals surface area contributed by atoms with Crippen molar-refractivity contribution in [1.82, 2.24) is 0 Å². The van der Waals surface area contributed by atoms with Gasteiger partial charge >= 0.3 is 0 Å². The Morgan fingerprint density at radius 3 is 3.08 bits per heavy atom. The maximum atomic E-state index is 5.98. The van der Waals surface area contributed by atoms with Gasteiger partial charge < -0.3 is 9.47 Å². The highest BCUT2D eigenvalue weighted by Gasteiger charge is 2.16. The average molecular weight is 193 g/mol. The van der Waals surface area contributed by atoms with Crippen LogP contribution in [-0.4, -0.2) is 31.8 Å². The maximum absolute atomic E-state index is 5.98. The van der Waals surface area contributed by atoms with Crippen LogP contribution in [0.1, 0.15) is 25.7 Å². The lowest BCUT2D eigenvalue weighted by atomic mass is 10.1. The van der Waals surface area contributed by atoms with E-state index in [0.717, 1.165) is 19.4 Å². The van der Waals surface area contributed by atoms with Crippen LogP contribution in [0.2, 0.25) is 0 Å². The second kappa shape index (κ2) is 5.79. The van der Waals surface area contributed by atoms with Crippen LogP contribution in [0.25, 0.3) is 0 Å². The quantitative estimate of drug-likeness (QED) is 0.622. The summed E-state index contributed by atoms with van der Waals surface area (Å²) in [5.74, 6) is 0. The van der Waals surface area contributed by atoms with Crippen LogP contribution in [0.15, 0.2) is 0 Å². The maximum Gasteiger partial charge on any atom is 0.0626 e. The third kappa shape index (κ3) is 3.74. The number of halogens is 1. The summed E-state index contributed by atoms with van der Waals surface area (Å²) in [6, 6.07) is 0. The van der Waals surface area contributed by atoms with Gasteiger partial charge in [-0.15, -0.1) is 11.6 Å². The number of ether oxygens (including phenoxy) is 2. The number of hydrogen-bond donors (Lipinski definition) is 0. The zero-order valence-corrected chi connectivity index (χ0v) is 8.35. The highest BCUT2D eigenvalue weighted by atomic mass is 35.5. The summed E-state index contributed by atoms with van der Waals surface area (Å²) >= 11 is 5.98. The van der Waals surface area contributed by atoms with E-state index < -0.39 is 0 Å². The van der Waals surface area contributed by atoms with Crippen molar-refractivity contribution in [1.29, 1.82) is 0 Å². The van der Waals surface area contributed by atoms with Crippen molar-refractivity contribution in [3.63, 3.8) is 0 Å². The van der Waals surface area contributed by atoms with Crippen LogP contribution in [0, 0.1) is 0 Å². The first-order chi connectivity index (χ1) is 5.83. The Bertz CT molecular complexity index is 113. The van der Waals surface area contributed by atoms with Crippen molar-refractivity contribution in [2.45, 2.75) is 37.2 Å². The molecule has 1 fully saturated rings. The molecule has 3 heteroatoms. The second-order valence-electron chi connectivity index (χ2n) is 3.27. The topological polar surface area (TPSA) is 18.5 Å². The number of alkyl halides is 1. The van der Waals surface area contributed by atoms with Crippen LogP contribution >= 0.6 is 11.6 Å². The molecular weight excluding hydrogens is 176 g/mol. The van der Waals surface area contributed by atoms with Crippen molar-refractivity contribution >= 4 is 11.6 Å². The molecule has 2 atom stereocenters. The fourth-order valence-corrected chi connectivity index (χ4v) is 1.75. The molecule has 1 aliphatic heterocycles. The summed E-state index contributed by atoms with van der Waals surface area (Å²) in [5.41, 5.74) is 0. The summed E-state index contributed by atoms with van der Waals surface area (Å²) in [6.45, 7) is 1.58. The molecule has 0 radical (unpaired) electrons. The van der Waals surface area contributed by atoms with Gasteiger partial charge in [-0.2, -0.15) is 0 Å². The molecule has 0 spiro atoms. The minimum atomic E-state index is 0.152. The van der Waals surface area contributed by atoms with Gasteiger partial charge in [0.25, 0.3) is 0 Å². The minimum Gasteiger partial charge on any atom is -0.383 e. The molecule has 2 nitrogen and oxygen atoms in total. The predicted octanol–water partition coefficient (Wildman–Crippen LogP) is 2.20. The lowest BCUT2D eigenvalue weighted by Gasteiger charge is -2.11. The van der Waals surface area contributed by atoms with E-state index in [1.807, 2.05) is 0 Å². The Kier molecular flexibility index (Phi) is 4.96. The Labute approximate surface area is 79.2 Å². The van der Waals surface area contributed by atoms with E-state index in [4.69, 9.17) is 21.1 Å². The van der Waals surface area contributed by atoms with E-state index in [0.29, 0.717) is 12.7 Å². The SMILES string of the molecule is COCC(Cl)CCC1CCCO1. The standard InChI is InChI=1S/C9H17ClO2/c1-11-7-8(10)4-5-9-3-2-6-12-9/h8-9H,2-7H2,1H3. The van der Waals surface area contributed by atoms with Crippen molar-refractivity contribution in [3.05, 3.63) is 0 Å². The minimum absolute atomic E-state index is 0.152. The Morgan fingerprint density at radius 2 is 2.50 bits per heavy atom. The summed E-state index contributed by atoms with van der Waals surface area (Å²) < 4.78 is 10.4. The molecule has 0 aromatic heterocycles. The molecule has 0 aliphatic carbocycles. The van der Waals surface area contributed by atoms with Crippen LogP contribution < -0.4 is 0 Å². The highest BCUT2D eigenvalue weighted by Crippen LogP contribution is 2.19. The van der Waals surface area contributed by atoms with Crippen LogP contribution in [0.3, 0.4) is 0 Å². The van der Waals surface area contributed by atoms with Crippen LogP contribution in [0.4, 0.5) is 0 Å². The molecule has 1 heterocycles. The monoisotopic (exact) mass is 192 g/mol. The number of rotatable bonds is 5. The van der Waals surface area contributed by atoms with E-state index in [1.165, 1.54) is 12.8 Å². The largest absolute Gasteiger partial charge is 0.383 e. The zero-order valence-electron chi connectivity index (χ0n) is 7.59. The molecule has 1 saturated heterocycles. The van der Waals surface area contributed by atoms with Crippen molar-refractivity contribution in [3.8, 4) is 0 Å². The first kappa shape index (κ1) is 10.3. The van der Waals surface area contributed by atoms with Gasteiger partial charge in [-0.1, -0.05) is 0 Å². The Morgan fingerprint density at radius 1 is 1.67 bits per heavy atom. The molecule has 0 N–H and O–H groups in total. The lowest BCUT2D eigenvalue weighted by Crippen LogP contribution is -2.12. The molecule has 0 saturated carbocycles. The Hall–Kier alpha value is 0.210. The number of hydrogen-bond acceptors (Lipinski definition) is 2. The molecule has 1 rings (SSSR count). The van der Waals surface area contributed by atoms with Crippen molar-refractivity contribution in [2.24, 2.45) is 0 Å². The van der Waals surface area contributed by atoms with E-state index in [-0.39, 0.29) is 5.38 Å². The Balaban J connectivity index is 1.99. The molecule has 0 aromatic carbocycles. The predicted molar refractivity (Wildman–Crippen MR) is 49.7 cm³/mol. The fraction of sp³-hybridized carbons (Fsp3) is 1.00. The van der Waals surface area contributed by atoms with Gasteiger partial charge in [-0.25, -0.2) is 0 Å². The highest BCUT2D eigenvalue weighted by molar-refractivity contribution is 6.20. The van der Waals surface area contributed by atoms with Gasteiger partial charge in [-0.05, 0) is 25.7 Å². The summed E-state index contributed by atoms with van der Waals surface area (Å²) in [4.78, 5) is 0. The van der Waals surface area contributed by atoms with Gasteiger partial charge in [0, 0.05) is 13.7 Å². The fourth-order valence-electron chi connectivity index (χ4n) is 1.50. The van der Waals surface area contributed by atoms with Crippen molar-refractivity contribution < 1.29 is 9.47 Å². The molecule has 0 bridgehead atoms. The van der Waals surface area contributed by atoms with Gasteiger partial charge in [0.1, 0.15) is 0 Å².